The van der Waals surface area contributed by atoms with Crippen LogP contribution >= 0.6 is 0 Å². The maximum Gasteiger partial charge on any atom is 0.220 e. The molecule has 2 N–H and O–H groups in total. The summed E-state index contributed by atoms with van der Waals surface area (Å²) >= 11 is 0. The first kappa shape index (κ1) is 16.0. The van der Waals surface area contributed by atoms with Crippen LogP contribution < -0.4 is 10.1 Å². The zero-order valence-corrected chi connectivity index (χ0v) is 12.0. The SMILES string of the molecule is O=C(CCCOc1ccccc1F)NCC(O)c1ccco1. The summed E-state index contributed by atoms with van der Waals surface area (Å²) in [6.07, 6.45) is 1.28. The van der Waals surface area contributed by atoms with Crippen molar-refractivity contribution in [2.75, 3.05) is 13.2 Å². The minimum atomic E-state index is -0.867. The van der Waals surface area contributed by atoms with Gasteiger partial charge in [0.2, 0.25) is 5.91 Å². The number of ether oxygens (including phenoxy) is 1. The molecular weight excluding hydrogens is 289 g/mol. The van der Waals surface area contributed by atoms with Crippen molar-refractivity contribution in [1.29, 1.82) is 0 Å². The number of carbonyl (C=O) groups is 1. The van der Waals surface area contributed by atoms with E-state index in [4.69, 9.17) is 9.15 Å². The minimum absolute atomic E-state index is 0.0838. The van der Waals surface area contributed by atoms with Crippen molar-refractivity contribution in [2.45, 2.75) is 18.9 Å². The summed E-state index contributed by atoms with van der Waals surface area (Å²) in [4.78, 5) is 11.6. The Balaban J connectivity index is 1.61. The summed E-state index contributed by atoms with van der Waals surface area (Å²) in [6.45, 7) is 0.329. The molecule has 1 amide bonds. The summed E-state index contributed by atoms with van der Waals surface area (Å²) in [6, 6.07) is 9.42. The molecule has 2 rings (SSSR count). The molecule has 0 bridgehead atoms. The predicted octanol–water partition coefficient (Wildman–Crippen LogP) is 2.43. The molecule has 0 radical (unpaired) electrons. The number of aliphatic hydroxyl groups is 1. The molecule has 22 heavy (non-hydrogen) atoms. The monoisotopic (exact) mass is 307 g/mol. The maximum absolute atomic E-state index is 13.3. The third-order valence-corrected chi connectivity index (χ3v) is 3.01. The highest BCUT2D eigenvalue weighted by Crippen LogP contribution is 2.15. The van der Waals surface area contributed by atoms with Crippen molar-refractivity contribution in [3.63, 3.8) is 0 Å². The van der Waals surface area contributed by atoms with E-state index in [9.17, 15) is 14.3 Å². The average molecular weight is 307 g/mol. The van der Waals surface area contributed by atoms with E-state index in [1.54, 1.807) is 24.3 Å². The quantitative estimate of drug-likeness (QED) is 0.735. The van der Waals surface area contributed by atoms with Gasteiger partial charge in [-0.05, 0) is 30.7 Å². The maximum atomic E-state index is 13.3. The Labute approximate surface area is 127 Å². The van der Waals surface area contributed by atoms with E-state index in [1.807, 2.05) is 0 Å². The van der Waals surface area contributed by atoms with Gasteiger partial charge in [-0.25, -0.2) is 4.39 Å². The number of hydrogen-bond donors (Lipinski definition) is 2. The predicted molar refractivity (Wildman–Crippen MR) is 77.8 cm³/mol. The Hall–Kier alpha value is -2.34. The van der Waals surface area contributed by atoms with Crippen molar-refractivity contribution in [3.8, 4) is 5.75 Å². The van der Waals surface area contributed by atoms with Crippen LogP contribution in [0.2, 0.25) is 0 Å². The zero-order valence-electron chi connectivity index (χ0n) is 12.0. The molecule has 0 fully saturated rings. The molecule has 118 valence electrons. The van der Waals surface area contributed by atoms with Gasteiger partial charge in [0, 0.05) is 6.42 Å². The molecule has 0 aliphatic heterocycles. The fourth-order valence-corrected chi connectivity index (χ4v) is 1.86. The van der Waals surface area contributed by atoms with Gasteiger partial charge >= 0.3 is 0 Å². The number of benzene rings is 1. The molecule has 0 aliphatic carbocycles. The number of para-hydroxylation sites is 1. The number of aliphatic hydroxyl groups excluding tert-OH is 1. The molecular formula is C16H18FNO4. The van der Waals surface area contributed by atoms with Gasteiger partial charge in [0.25, 0.3) is 0 Å². The van der Waals surface area contributed by atoms with Crippen LogP contribution in [-0.4, -0.2) is 24.2 Å². The van der Waals surface area contributed by atoms with E-state index in [-0.39, 0.29) is 31.2 Å². The highest BCUT2D eigenvalue weighted by Gasteiger charge is 2.11. The van der Waals surface area contributed by atoms with Gasteiger partial charge in [0.05, 0.1) is 19.4 Å². The van der Waals surface area contributed by atoms with Crippen LogP contribution in [0.25, 0.3) is 0 Å². The Morgan fingerprint density at radius 2 is 2.14 bits per heavy atom. The Morgan fingerprint density at radius 1 is 1.32 bits per heavy atom. The average Bonchev–Trinajstić information content (AvgIpc) is 3.05. The van der Waals surface area contributed by atoms with Crippen LogP contribution in [0.3, 0.4) is 0 Å². The highest BCUT2D eigenvalue weighted by atomic mass is 19.1. The number of carbonyl (C=O) groups excluding carboxylic acids is 1. The molecule has 0 spiro atoms. The van der Waals surface area contributed by atoms with Gasteiger partial charge in [-0.2, -0.15) is 0 Å². The normalized spacial score (nSPS) is 11.9. The van der Waals surface area contributed by atoms with Crippen LogP contribution in [0.15, 0.2) is 47.1 Å². The summed E-state index contributed by atoms with van der Waals surface area (Å²) < 4.78 is 23.6. The number of furan rings is 1. The largest absolute Gasteiger partial charge is 0.491 e. The lowest BCUT2D eigenvalue weighted by molar-refractivity contribution is -0.121. The molecule has 6 heteroatoms. The van der Waals surface area contributed by atoms with Crippen LogP contribution in [0.4, 0.5) is 4.39 Å². The lowest BCUT2D eigenvalue weighted by Crippen LogP contribution is -2.28. The number of amides is 1. The first-order chi connectivity index (χ1) is 10.7. The topological polar surface area (TPSA) is 71.7 Å². The molecule has 5 nitrogen and oxygen atoms in total. The summed E-state index contributed by atoms with van der Waals surface area (Å²) in [7, 11) is 0. The van der Waals surface area contributed by atoms with Crippen LogP contribution in [0, 0.1) is 5.82 Å². The van der Waals surface area contributed by atoms with E-state index in [1.165, 1.54) is 18.4 Å². The van der Waals surface area contributed by atoms with Gasteiger partial charge in [0.1, 0.15) is 11.9 Å². The Morgan fingerprint density at radius 3 is 2.86 bits per heavy atom. The fourth-order valence-electron chi connectivity index (χ4n) is 1.86. The molecule has 1 aromatic carbocycles. The third-order valence-electron chi connectivity index (χ3n) is 3.01. The summed E-state index contributed by atoms with van der Waals surface area (Å²) in [5.41, 5.74) is 0. The zero-order chi connectivity index (χ0) is 15.8. The molecule has 1 atom stereocenters. The number of hydrogen-bond acceptors (Lipinski definition) is 4. The molecule has 0 saturated carbocycles. The molecule has 2 aromatic rings. The van der Waals surface area contributed by atoms with Crippen LogP contribution in [-0.2, 0) is 4.79 Å². The molecule has 1 aromatic heterocycles. The Bertz CT molecular complexity index is 586. The van der Waals surface area contributed by atoms with Crippen molar-refractivity contribution in [2.24, 2.45) is 0 Å². The van der Waals surface area contributed by atoms with Crippen molar-refractivity contribution < 1.29 is 23.4 Å². The number of nitrogens with one attached hydrogen (secondary N) is 1. The van der Waals surface area contributed by atoms with E-state index >= 15 is 0 Å². The standard InChI is InChI=1S/C16H18FNO4/c17-12-5-1-2-6-14(12)21-10-4-8-16(20)18-11-13(19)15-7-3-9-22-15/h1-3,5-7,9,13,19H,4,8,10-11H2,(H,18,20). The van der Waals surface area contributed by atoms with Gasteiger partial charge in [-0.1, -0.05) is 12.1 Å². The van der Waals surface area contributed by atoms with Gasteiger partial charge in [-0.15, -0.1) is 0 Å². The molecule has 0 saturated heterocycles. The lowest BCUT2D eigenvalue weighted by Gasteiger charge is -2.10. The highest BCUT2D eigenvalue weighted by molar-refractivity contribution is 5.75. The van der Waals surface area contributed by atoms with E-state index in [2.05, 4.69) is 5.32 Å². The second-order valence-electron chi connectivity index (χ2n) is 4.72. The lowest BCUT2D eigenvalue weighted by atomic mass is 10.2. The van der Waals surface area contributed by atoms with E-state index < -0.39 is 11.9 Å². The van der Waals surface area contributed by atoms with Gasteiger partial charge < -0.3 is 19.6 Å². The molecule has 1 unspecified atom stereocenters. The van der Waals surface area contributed by atoms with E-state index in [0.29, 0.717) is 12.2 Å². The second kappa shape index (κ2) is 8.19. The number of rotatable bonds is 8. The Kier molecular flexibility index (Phi) is 5.97. The smallest absolute Gasteiger partial charge is 0.220 e. The van der Waals surface area contributed by atoms with Crippen LogP contribution in [0.1, 0.15) is 24.7 Å². The third kappa shape index (κ3) is 4.89. The second-order valence-corrected chi connectivity index (χ2v) is 4.72. The van der Waals surface area contributed by atoms with Crippen LogP contribution in [0.5, 0.6) is 5.75 Å². The van der Waals surface area contributed by atoms with Gasteiger partial charge in [0.15, 0.2) is 11.6 Å². The first-order valence-corrected chi connectivity index (χ1v) is 7.02. The number of halogens is 1. The summed E-state index contributed by atoms with van der Waals surface area (Å²) in [5.74, 6) is -0.0457. The van der Waals surface area contributed by atoms with Gasteiger partial charge in [-0.3, -0.25) is 4.79 Å². The minimum Gasteiger partial charge on any atom is -0.491 e. The fraction of sp³-hybridized carbons (Fsp3) is 0.312. The molecule has 1 heterocycles. The van der Waals surface area contributed by atoms with E-state index in [0.717, 1.165) is 0 Å². The van der Waals surface area contributed by atoms with Crippen molar-refractivity contribution in [3.05, 3.63) is 54.2 Å². The first-order valence-electron chi connectivity index (χ1n) is 7.02. The summed E-state index contributed by atoms with van der Waals surface area (Å²) in [5, 5.41) is 12.3. The van der Waals surface area contributed by atoms with Crippen molar-refractivity contribution in [1.82, 2.24) is 5.32 Å². The van der Waals surface area contributed by atoms with Crippen molar-refractivity contribution >= 4 is 5.91 Å². The molecule has 0 aliphatic rings.